The van der Waals surface area contributed by atoms with E-state index >= 15 is 0 Å². The molecule has 0 saturated carbocycles. The van der Waals surface area contributed by atoms with E-state index in [4.69, 9.17) is 4.74 Å². The molecule has 0 fully saturated rings. The highest BCUT2D eigenvalue weighted by atomic mass is 19.3. The second-order valence-corrected chi connectivity index (χ2v) is 5.61. The first-order chi connectivity index (χ1) is 13.4. The predicted octanol–water partition coefficient (Wildman–Crippen LogP) is 3.47. The smallest absolute Gasteiger partial charge is 0.387 e. The molecule has 2 aromatic rings. The van der Waals surface area contributed by atoms with Gasteiger partial charge in [-0.1, -0.05) is 24.3 Å². The fraction of sp³-hybridized carbons (Fsp3) is 0.200. The first kappa shape index (κ1) is 20.9. The van der Waals surface area contributed by atoms with Crippen LogP contribution in [0.5, 0.6) is 11.5 Å². The van der Waals surface area contributed by atoms with Gasteiger partial charge in [0.1, 0.15) is 0 Å². The number of alkyl halides is 2. The zero-order valence-corrected chi connectivity index (χ0v) is 15.4. The molecule has 0 atom stereocenters. The summed E-state index contributed by atoms with van der Waals surface area (Å²) in [6, 6.07) is 11.3. The SMILES string of the molecule is CCOc1cc(/C=C/C(=O)NNC(=O)c2ccccc2C)ccc1OC(F)F. The van der Waals surface area contributed by atoms with Crippen LogP contribution >= 0.6 is 0 Å². The van der Waals surface area contributed by atoms with E-state index in [1.807, 2.05) is 6.07 Å². The summed E-state index contributed by atoms with van der Waals surface area (Å²) in [5, 5.41) is 0. The van der Waals surface area contributed by atoms with Crippen LogP contribution in [-0.2, 0) is 4.79 Å². The third-order valence-corrected chi connectivity index (χ3v) is 3.60. The van der Waals surface area contributed by atoms with Crippen LogP contribution in [0.3, 0.4) is 0 Å². The average Bonchev–Trinajstić information content (AvgIpc) is 2.66. The maximum atomic E-state index is 12.4. The average molecular weight is 390 g/mol. The van der Waals surface area contributed by atoms with E-state index in [2.05, 4.69) is 15.6 Å². The van der Waals surface area contributed by atoms with Crippen molar-refractivity contribution in [2.75, 3.05) is 6.61 Å². The minimum Gasteiger partial charge on any atom is -0.490 e. The molecule has 8 heteroatoms. The molecule has 2 aromatic carbocycles. The highest BCUT2D eigenvalue weighted by Gasteiger charge is 2.11. The van der Waals surface area contributed by atoms with Crippen LogP contribution in [0.1, 0.15) is 28.4 Å². The number of aryl methyl sites for hydroxylation is 1. The highest BCUT2D eigenvalue weighted by molar-refractivity contribution is 5.98. The van der Waals surface area contributed by atoms with Crippen molar-refractivity contribution < 1.29 is 27.8 Å². The number of hydrogen-bond donors (Lipinski definition) is 2. The zero-order chi connectivity index (χ0) is 20.5. The number of rotatable bonds is 7. The van der Waals surface area contributed by atoms with Gasteiger partial charge in [-0.25, -0.2) is 0 Å². The molecule has 0 aliphatic rings. The molecule has 0 radical (unpaired) electrons. The lowest BCUT2D eigenvalue weighted by molar-refractivity contribution is -0.117. The monoisotopic (exact) mass is 390 g/mol. The molecule has 0 saturated heterocycles. The van der Waals surface area contributed by atoms with Crippen molar-refractivity contribution in [2.24, 2.45) is 0 Å². The van der Waals surface area contributed by atoms with Crippen LogP contribution in [0.4, 0.5) is 8.78 Å². The highest BCUT2D eigenvalue weighted by Crippen LogP contribution is 2.30. The Labute approximate surface area is 161 Å². The second-order valence-electron chi connectivity index (χ2n) is 5.61. The molecular formula is C20H20F2N2O4. The number of halogens is 2. The Morgan fingerprint density at radius 3 is 2.54 bits per heavy atom. The van der Waals surface area contributed by atoms with Crippen molar-refractivity contribution in [1.29, 1.82) is 0 Å². The number of amides is 2. The van der Waals surface area contributed by atoms with Gasteiger partial charge in [-0.3, -0.25) is 20.4 Å². The van der Waals surface area contributed by atoms with Crippen LogP contribution in [-0.4, -0.2) is 25.0 Å². The van der Waals surface area contributed by atoms with Gasteiger partial charge in [-0.05, 0) is 49.2 Å². The van der Waals surface area contributed by atoms with E-state index in [1.165, 1.54) is 30.4 Å². The Balaban J connectivity index is 1.98. The molecule has 0 aliphatic heterocycles. The lowest BCUT2D eigenvalue weighted by Gasteiger charge is -2.11. The third-order valence-electron chi connectivity index (χ3n) is 3.60. The number of hydrogen-bond acceptors (Lipinski definition) is 4. The van der Waals surface area contributed by atoms with Crippen molar-refractivity contribution in [3.63, 3.8) is 0 Å². The molecule has 6 nitrogen and oxygen atoms in total. The number of nitrogens with one attached hydrogen (secondary N) is 2. The fourth-order valence-corrected chi connectivity index (χ4v) is 2.32. The van der Waals surface area contributed by atoms with Crippen LogP contribution < -0.4 is 20.3 Å². The number of hydrazine groups is 1. The summed E-state index contributed by atoms with van der Waals surface area (Å²) in [7, 11) is 0. The summed E-state index contributed by atoms with van der Waals surface area (Å²) in [5.74, 6) is -0.957. The number of benzene rings is 2. The molecule has 28 heavy (non-hydrogen) atoms. The normalized spacial score (nSPS) is 10.8. The van der Waals surface area contributed by atoms with Crippen molar-refractivity contribution in [3.8, 4) is 11.5 Å². The van der Waals surface area contributed by atoms with E-state index < -0.39 is 18.4 Å². The molecule has 2 amide bonds. The Hall–Kier alpha value is -3.42. The van der Waals surface area contributed by atoms with Crippen molar-refractivity contribution in [2.45, 2.75) is 20.5 Å². The summed E-state index contributed by atoms with van der Waals surface area (Å²) >= 11 is 0. The molecule has 0 aromatic heterocycles. The van der Waals surface area contributed by atoms with Gasteiger partial charge in [0.05, 0.1) is 6.61 Å². The van der Waals surface area contributed by atoms with Crippen molar-refractivity contribution in [1.82, 2.24) is 10.9 Å². The molecule has 2 N–H and O–H groups in total. The minimum absolute atomic E-state index is 0.0936. The Morgan fingerprint density at radius 2 is 1.86 bits per heavy atom. The van der Waals surface area contributed by atoms with E-state index in [1.54, 1.807) is 32.0 Å². The molecule has 148 valence electrons. The maximum absolute atomic E-state index is 12.4. The van der Waals surface area contributed by atoms with Gasteiger partial charge in [0.15, 0.2) is 11.5 Å². The summed E-state index contributed by atoms with van der Waals surface area (Å²) in [6.45, 7) is 0.786. The topological polar surface area (TPSA) is 76.7 Å². The number of carbonyl (C=O) groups is 2. The fourth-order valence-electron chi connectivity index (χ4n) is 2.32. The van der Waals surface area contributed by atoms with E-state index in [9.17, 15) is 18.4 Å². The van der Waals surface area contributed by atoms with Gasteiger partial charge in [0.2, 0.25) is 0 Å². The van der Waals surface area contributed by atoms with Gasteiger partial charge in [0, 0.05) is 11.6 Å². The van der Waals surface area contributed by atoms with Gasteiger partial charge in [-0.2, -0.15) is 8.78 Å². The van der Waals surface area contributed by atoms with Crippen LogP contribution in [0.15, 0.2) is 48.5 Å². The third kappa shape index (κ3) is 6.08. The summed E-state index contributed by atoms with van der Waals surface area (Å²) in [6.07, 6.45) is 2.64. The van der Waals surface area contributed by atoms with Crippen LogP contribution in [0.2, 0.25) is 0 Å². The largest absolute Gasteiger partial charge is 0.490 e. The number of ether oxygens (including phenoxy) is 2. The molecule has 0 aliphatic carbocycles. The molecular weight excluding hydrogens is 370 g/mol. The first-order valence-corrected chi connectivity index (χ1v) is 8.46. The molecule has 0 heterocycles. The van der Waals surface area contributed by atoms with Gasteiger partial charge in [-0.15, -0.1) is 0 Å². The Morgan fingerprint density at radius 1 is 1.11 bits per heavy atom. The Kier molecular flexibility index (Phi) is 7.50. The maximum Gasteiger partial charge on any atom is 0.387 e. The van der Waals surface area contributed by atoms with Crippen LogP contribution in [0.25, 0.3) is 6.08 Å². The summed E-state index contributed by atoms with van der Waals surface area (Å²) in [4.78, 5) is 23.9. The Bertz CT molecular complexity index is 869. The quantitative estimate of drug-likeness (QED) is 0.561. The van der Waals surface area contributed by atoms with E-state index in [-0.39, 0.29) is 18.1 Å². The van der Waals surface area contributed by atoms with Crippen LogP contribution in [0, 0.1) is 6.92 Å². The van der Waals surface area contributed by atoms with Gasteiger partial charge >= 0.3 is 6.61 Å². The molecule has 0 spiro atoms. The van der Waals surface area contributed by atoms with E-state index in [0.29, 0.717) is 11.1 Å². The van der Waals surface area contributed by atoms with Crippen molar-refractivity contribution in [3.05, 3.63) is 65.2 Å². The molecule has 0 bridgehead atoms. The standard InChI is InChI=1S/C20H20F2N2O4/c1-3-27-17-12-14(8-10-16(17)28-20(21)22)9-11-18(25)23-24-19(26)15-7-5-4-6-13(15)2/h4-12,20H,3H2,1-2H3,(H,23,25)(H,24,26)/b11-9+. The summed E-state index contributed by atoms with van der Waals surface area (Å²) < 4.78 is 34.5. The second kappa shape index (κ2) is 10.1. The number of carbonyl (C=O) groups excluding carboxylic acids is 2. The lowest BCUT2D eigenvalue weighted by Crippen LogP contribution is -2.41. The zero-order valence-electron chi connectivity index (χ0n) is 15.4. The minimum atomic E-state index is -2.97. The predicted molar refractivity (Wildman–Crippen MR) is 100 cm³/mol. The van der Waals surface area contributed by atoms with Crippen molar-refractivity contribution >= 4 is 17.9 Å². The van der Waals surface area contributed by atoms with Gasteiger partial charge in [0.25, 0.3) is 11.8 Å². The van der Waals surface area contributed by atoms with Gasteiger partial charge < -0.3 is 9.47 Å². The lowest BCUT2D eigenvalue weighted by atomic mass is 10.1. The first-order valence-electron chi connectivity index (χ1n) is 8.46. The molecule has 2 rings (SSSR count). The van der Waals surface area contributed by atoms with E-state index in [0.717, 1.165) is 5.56 Å². The molecule has 0 unspecified atom stereocenters. The summed E-state index contributed by atoms with van der Waals surface area (Å²) in [5.41, 5.74) is 6.35.